The first-order chi connectivity index (χ1) is 9.10. The van der Waals surface area contributed by atoms with E-state index < -0.39 is 10.1 Å². The van der Waals surface area contributed by atoms with Crippen LogP contribution in [-0.2, 0) is 14.3 Å². The Morgan fingerprint density at radius 2 is 1.70 bits per heavy atom. The Morgan fingerprint density at radius 3 is 2.20 bits per heavy atom. The Balaban J connectivity index is 2.50. The monoisotopic (exact) mass is 298 g/mol. The van der Waals surface area contributed by atoms with Gasteiger partial charge >= 0.3 is 0 Å². The summed E-state index contributed by atoms with van der Waals surface area (Å²) in [5, 5.41) is 0. The molecule has 0 saturated carbocycles. The van der Waals surface area contributed by atoms with Crippen molar-refractivity contribution in [2.75, 3.05) is 6.61 Å². The molecule has 0 heterocycles. The second kappa shape index (κ2) is 6.72. The molecular weight excluding hydrogens is 272 g/mol. The summed E-state index contributed by atoms with van der Waals surface area (Å²) in [5.74, 6) is 0.447. The molecule has 1 aromatic carbocycles. The Hall–Kier alpha value is -0.870. The number of aryl methyl sites for hydroxylation is 1. The lowest BCUT2D eigenvalue weighted by molar-refractivity contribution is 0.244. The standard InChI is InChI=1S/C16H26O3S/c1-13-6-8-15(9-7-13)20(17,18)19-11-10-14(2)12-16(3,4)5/h6-9,14H,10-12H2,1-5H3. The molecule has 0 saturated heterocycles. The zero-order valence-electron chi connectivity index (χ0n) is 13.1. The van der Waals surface area contributed by atoms with Gasteiger partial charge in [0.1, 0.15) is 0 Å². The largest absolute Gasteiger partial charge is 0.296 e. The van der Waals surface area contributed by atoms with Crippen molar-refractivity contribution in [2.24, 2.45) is 11.3 Å². The summed E-state index contributed by atoms with van der Waals surface area (Å²) >= 11 is 0. The summed E-state index contributed by atoms with van der Waals surface area (Å²) in [7, 11) is -3.62. The first kappa shape index (κ1) is 17.2. The number of hydrogen-bond donors (Lipinski definition) is 0. The summed E-state index contributed by atoms with van der Waals surface area (Å²) in [4.78, 5) is 0.228. The van der Waals surface area contributed by atoms with Crippen molar-refractivity contribution in [3.63, 3.8) is 0 Å². The second-order valence-electron chi connectivity index (χ2n) is 6.75. The maximum atomic E-state index is 12.0. The van der Waals surface area contributed by atoms with Crippen LogP contribution < -0.4 is 0 Å². The molecule has 1 aromatic rings. The fourth-order valence-electron chi connectivity index (χ4n) is 2.28. The van der Waals surface area contributed by atoms with Gasteiger partial charge in [0.15, 0.2) is 0 Å². The summed E-state index contributed by atoms with van der Waals surface area (Å²) < 4.78 is 29.1. The molecule has 0 aliphatic heterocycles. The molecule has 1 atom stereocenters. The van der Waals surface area contributed by atoms with E-state index in [1.54, 1.807) is 24.3 Å². The molecule has 4 heteroatoms. The summed E-state index contributed by atoms with van der Waals surface area (Å²) in [5.41, 5.74) is 1.29. The van der Waals surface area contributed by atoms with Crippen LogP contribution in [0.2, 0.25) is 0 Å². The van der Waals surface area contributed by atoms with Gasteiger partial charge in [0.25, 0.3) is 10.1 Å². The fourth-order valence-corrected chi connectivity index (χ4v) is 3.20. The summed E-state index contributed by atoms with van der Waals surface area (Å²) in [6, 6.07) is 6.73. The van der Waals surface area contributed by atoms with Gasteiger partial charge in [-0.3, -0.25) is 4.18 Å². The molecule has 0 amide bonds. The van der Waals surface area contributed by atoms with Crippen molar-refractivity contribution >= 4 is 10.1 Å². The predicted molar refractivity (Wildman–Crippen MR) is 82.2 cm³/mol. The van der Waals surface area contributed by atoms with Gasteiger partial charge in [-0.25, -0.2) is 0 Å². The third-order valence-corrected chi connectivity index (χ3v) is 4.45. The zero-order chi connectivity index (χ0) is 15.4. The fraction of sp³-hybridized carbons (Fsp3) is 0.625. The van der Waals surface area contributed by atoms with Crippen molar-refractivity contribution in [1.29, 1.82) is 0 Å². The van der Waals surface area contributed by atoms with E-state index >= 15 is 0 Å². The van der Waals surface area contributed by atoms with Crippen LogP contribution in [0.1, 0.15) is 46.1 Å². The van der Waals surface area contributed by atoms with Gasteiger partial charge in [0.2, 0.25) is 0 Å². The third kappa shape index (κ3) is 6.06. The molecule has 0 aliphatic carbocycles. The van der Waals surface area contributed by atoms with E-state index in [1.165, 1.54) is 0 Å². The lowest BCUT2D eigenvalue weighted by atomic mass is 9.84. The van der Waals surface area contributed by atoms with E-state index in [9.17, 15) is 8.42 Å². The van der Waals surface area contributed by atoms with E-state index in [4.69, 9.17) is 4.18 Å². The Kier molecular flexibility index (Phi) is 5.78. The van der Waals surface area contributed by atoms with Crippen molar-refractivity contribution in [3.05, 3.63) is 29.8 Å². The van der Waals surface area contributed by atoms with E-state index in [2.05, 4.69) is 27.7 Å². The number of rotatable bonds is 6. The first-order valence-electron chi connectivity index (χ1n) is 7.06. The molecule has 3 nitrogen and oxygen atoms in total. The van der Waals surface area contributed by atoms with Gasteiger partial charge < -0.3 is 0 Å². The second-order valence-corrected chi connectivity index (χ2v) is 8.36. The molecule has 1 rings (SSSR count). The smallest absolute Gasteiger partial charge is 0.266 e. The molecule has 0 bridgehead atoms. The highest BCUT2D eigenvalue weighted by Gasteiger charge is 2.18. The van der Waals surface area contributed by atoms with Gasteiger partial charge in [0, 0.05) is 0 Å². The van der Waals surface area contributed by atoms with Crippen LogP contribution in [0.15, 0.2) is 29.2 Å². The van der Waals surface area contributed by atoms with E-state index in [1.807, 2.05) is 6.92 Å². The van der Waals surface area contributed by atoms with Crippen molar-refractivity contribution in [2.45, 2.75) is 52.4 Å². The van der Waals surface area contributed by atoms with Gasteiger partial charge in [-0.1, -0.05) is 45.4 Å². The minimum Gasteiger partial charge on any atom is -0.266 e. The highest BCUT2D eigenvalue weighted by Crippen LogP contribution is 2.26. The van der Waals surface area contributed by atoms with Crippen LogP contribution in [0.4, 0.5) is 0 Å². The molecule has 0 aliphatic rings. The average Bonchev–Trinajstić information content (AvgIpc) is 2.26. The third-order valence-electron chi connectivity index (χ3n) is 3.12. The van der Waals surface area contributed by atoms with Crippen LogP contribution >= 0.6 is 0 Å². The Bertz CT molecular complexity index is 510. The Morgan fingerprint density at radius 1 is 1.15 bits per heavy atom. The maximum Gasteiger partial charge on any atom is 0.296 e. The van der Waals surface area contributed by atoms with Crippen LogP contribution in [-0.4, -0.2) is 15.0 Å². The zero-order valence-corrected chi connectivity index (χ0v) is 14.0. The lowest BCUT2D eigenvalue weighted by Gasteiger charge is -2.22. The topological polar surface area (TPSA) is 43.4 Å². The minimum absolute atomic E-state index is 0.228. The van der Waals surface area contributed by atoms with E-state index in [-0.39, 0.29) is 16.9 Å². The predicted octanol–water partition coefficient (Wildman–Crippen LogP) is 4.16. The lowest BCUT2D eigenvalue weighted by Crippen LogP contribution is -2.14. The van der Waals surface area contributed by atoms with Crippen molar-refractivity contribution in [1.82, 2.24) is 0 Å². The first-order valence-corrected chi connectivity index (χ1v) is 8.47. The molecule has 1 unspecified atom stereocenters. The molecular formula is C16H26O3S. The van der Waals surface area contributed by atoms with Gasteiger partial charge in [-0.2, -0.15) is 8.42 Å². The molecule has 0 fully saturated rings. The van der Waals surface area contributed by atoms with Gasteiger partial charge in [0.05, 0.1) is 11.5 Å². The number of hydrogen-bond acceptors (Lipinski definition) is 3. The molecule has 0 spiro atoms. The number of benzene rings is 1. The van der Waals surface area contributed by atoms with E-state index in [0.29, 0.717) is 5.92 Å². The van der Waals surface area contributed by atoms with Crippen molar-refractivity contribution in [3.8, 4) is 0 Å². The SMILES string of the molecule is Cc1ccc(S(=O)(=O)OCCC(C)CC(C)(C)C)cc1. The Labute approximate surface area is 123 Å². The normalized spacial score (nSPS) is 14.2. The molecule has 0 aromatic heterocycles. The summed E-state index contributed by atoms with van der Waals surface area (Å²) in [6.07, 6.45) is 1.81. The van der Waals surface area contributed by atoms with Gasteiger partial charge in [-0.15, -0.1) is 0 Å². The van der Waals surface area contributed by atoms with Crippen LogP contribution in [0, 0.1) is 18.3 Å². The van der Waals surface area contributed by atoms with Crippen LogP contribution in [0.3, 0.4) is 0 Å². The molecule has 20 heavy (non-hydrogen) atoms. The van der Waals surface area contributed by atoms with Crippen molar-refractivity contribution < 1.29 is 12.6 Å². The minimum atomic E-state index is -3.62. The highest BCUT2D eigenvalue weighted by atomic mass is 32.2. The van der Waals surface area contributed by atoms with Crippen LogP contribution in [0.25, 0.3) is 0 Å². The average molecular weight is 298 g/mol. The summed E-state index contributed by atoms with van der Waals surface area (Å²) in [6.45, 7) is 10.9. The van der Waals surface area contributed by atoms with Crippen LogP contribution in [0.5, 0.6) is 0 Å². The highest BCUT2D eigenvalue weighted by molar-refractivity contribution is 7.86. The molecule has 0 N–H and O–H groups in total. The molecule has 114 valence electrons. The van der Waals surface area contributed by atoms with E-state index in [0.717, 1.165) is 18.4 Å². The molecule has 0 radical (unpaired) electrons. The van der Waals surface area contributed by atoms with Gasteiger partial charge in [-0.05, 0) is 43.2 Å². The quantitative estimate of drug-likeness (QED) is 0.741. The maximum absolute atomic E-state index is 12.0.